The average Bonchev–Trinajstić information content (AvgIpc) is 3.20. The van der Waals surface area contributed by atoms with Crippen molar-refractivity contribution in [2.24, 2.45) is 0 Å². The number of ether oxygens (including phenoxy) is 1. The van der Waals surface area contributed by atoms with Crippen LogP contribution >= 0.6 is 11.6 Å². The summed E-state index contributed by atoms with van der Waals surface area (Å²) in [6.07, 6.45) is 5.92. The summed E-state index contributed by atoms with van der Waals surface area (Å²) in [5.74, 6) is 1.01. The first-order chi connectivity index (χ1) is 17.0. The summed E-state index contributed by atoms with van der Waals surface area (Å²) < 4.78 is 7.28. The van der Waals surface area contributed by atoms with Crippen LogP contribution in [-0.2, 0) is 10.3 Å². The van der Waals surface area contributed by atoms with Crippen molar-refractivity contribution < 1.29 is 9.53 Å². The Morgan fingerprint density at radius 1 is 1.17 bits per heavy atom. The SMILES string of the molecule is CCCCOC(=O)NC1(c2ccc(-n3c(-c4cccnc4N)nc4ccc(Cl)nc43)cc2)CCC1. The van der Waals surface area contributed by atoms with Crippen molar-refractivity contribution in [3.63, 3.8) is 0 Å². The number of pyridine rings is 2. The van der Waals surface area contributed by atoms with Gasteiger partial charge in [-0.3, -0.25) is 4.57 Å². The molecule has 0 bridgehead atoms. The fourth-order valence-corrected chi connectivity index (χ4v) is 4.60. The second-order valence-electron chi connectivity index (χ2n) is 8.78. The number of carbonyl (C=O) groups excluding carboxylic acids is 1. The fourth-order valence-electron chi connectivity index (χ4n) is 4.45. The first-order valence-corrected chi connectivity index (χ1v) is 12.2. The van der Waals surface area contributed by atoms with Crippen LogP contribution in [0.25, 0.3) is 28.2 Å². The smallest absolute Gasteiger partial charge is 0.407 e. The first-order valence-electron chi connectivity index (χ1n) is 11.8. The summed E-state index contributed by atoms with van der Waals surface area (Å²) >= 11 is 6.23. The van der Waals surface area contributed by atoms with Gasteiger partial charge in [-0.2, -0.15) is 0 Å². The van der Waals surface area contributed by atoms with E-state index in [1.165, 1.54) is 0 Å². The summed E-state index contributed by atoms with van der Waals surface area (Å²) in [5.41, 5.74) is 9.70. The third kappa shape index (κ3) is 4.41. The van der Waals surface area contributed by atoms with E-state index in [1.807, 2.05) is 47.0 Å². The highest BCUT2D eigenvalue weighted by Crippen LogP contribution is 2.42. The van der Waals surface area contributed by atoms with Crippen molar-refractivity contribution in [1.82, 2.24) is 24.8 Å². The molecular weight excluding hydrogens is 464 g/mol. The Bertz CT molecular complexity index is 1360. The third-order valence-corrected chi connectivity index (χ3v) is 6.72. The van der Waals surface area contributed by atoms with Crippen LogP contribution in [0.2, 0.25) is 5.15 Å². The molecule has 3 heterocycles. The number of imidazole rings is 1. The second-order valence-corrected chi connectivity index (χ2v) is 9.17. The standard InChI is InChI=1S/C26H27ClN6O2/c1-2-3-16-35-25(34)32-26(13-5-14-26)17-7-9-18(10-8-17)33-23(19-6-4-15-29-22(19)28)30-20-11-12-21(27)31-24(20)33/h4,6-12,15H,2-3,5,13-14,16H2,1H3,(H2,28,29)(H,32,34). The Morgan fingerprint density at radius 2 is 1.97 bits per heavy atom. The van der Waals surface area contributed by atoms with Crippen molar-refractivity contribution in [3.05, 3.63) is 65.4 Å². The van der Waals surface area contributed by atoms with Crippen molar-refractivity contribution in [1.29, 1.82) is 0 Å². The summed E-state index contributed by atoms with van der Waals surface area (Å²) in [6, 6.07) is 15.3. The van der Waals surface area contributed by atoms with Gasteiger partial charge in [0, 0.05) is 11.9 Å². The predicted octanol–water partition coefficient (Wildman–Crippen LogP) is 5.62. The van der Waals surface area contributed by atoms with E-state index in [9.17, 15) is 4.79 Å². The summed E-state index contributed by atoms with van der Waals surface area (Å²) in [7, 11) is 0. The number of nitrogen functional groups attached to an aromatic ring is 1. The van der Waals surface area contributed by atoms with Crippen LogP contribution in [0, 0.1) is 0 Å². The minimum Gasteiger partial charge on any atom is -0.450 e. The van der Waals surface area contributed by atoms with E-state index in [0.29, 0.717) is 40.1 Å². The van der Waals surface area contributed by atoms with Crippen molar-refractivity contribution >= 4 is 34.7 Å². The van der Waals surface area contributed by atoms with Crippen LogP contribution in [0.15, 0.2) is 54.7 Å². The molecule has 0 saturated heterocycles. The van der Waals surface area contributed by atoms with Gasteiger partial charge in [-0.1, -0.05) is 37.1 Å². The normalized spacial score (nSPS) is 14.5. The number of halogens is 1. The molecule has 1 amide bonds. The van der Waals surface area contributed by atoms with Crippen LogP contribution in [0.5, 0.6) is 0 Å². The Balaban J connectivity index is 1.52. The number of nitrogens with zero attached hydrogens (tertiary/aromatic N) is 4. The molecule has 1 fully saturated rings. The van der Waals surface area contributed by atoms with E-state index >= 15 is 0 Å². The molecule has 180 valence electrons. The van der Waals surface area contributed by atoms with E-state index < -0.39 is 5.54 Å². The number of amides is 1. The zero-order valence-electron chi connectivity index (χ0n) is 19.5. The lowest BCUT2D eigenvalue weighted by atomic mass is 9.72. The van der Waals surface area contributed by atoms with Gasteiger partial charge in [0.15, 0.2) is 11.5 Å². The highest BCUT2D eigenvalue weighted by molar-refractivity contribution is 6.29. The lowest BCUT2D eigenvalue weighted by Gasteiger charge is -2.42. The van der Waals surface area contributed by atoms with E-state index in [0.717, 1.165) is 43.4 Å². The average molecular weight is 491 g/mol. The molecule has 0 atom stereocenters. The number of hydrogen-bond donors (Lipinski definition) is 2. The van der Waals surface area contributed by atoms with E-state index in [2.05, 4.69) is 22.2 Å². The number of carbonyl (C=O) groups is 1. The topological polar surface area (TPSA) is 108 Å². The Hall–Kier alpha value is -3.65. The minimum absolute atomic E-state index is 0.365. The van der Waals surface area contributed by atoms with Gasteiger partial charge in [0.1, 0.15) is 16.5 Å². The largest absolute Gasteiger partial charge is 0.450 e. The van der Waals surface area contributed by atoms with Crippen LogP contribution in [-0.4, -0.2) is 32.2 Å². The van der Waals surface area contributed by atoms with Crippen LogP contribution in [0.1, 0.15) is 44.6 Å². The molecule has 4 aromatic rings. The first kappa shape index (κ1) is 23.1. The van der Waals surface area contributed by atoms with E-state index in [1.54, 1.807) is 12.3 Å². The number of nitrogens with one attached hydrogen (secondary N) is 1. The molecule has 0 radical (unpaired) electrons. The van der Waals surface area contributed by atoms with Gasteiger partial charge in [0.05, 0.1) is 17.7 Å². The predicted molar refractivity (Wildman–Crippen MR) is 136 cm³/mol. The molecule has 1 saturated carbocycles. The molecule has 8 nitrogen and oxygen atoms in total. The molecule has 1 aromatic carbocycles. The summed E-state index contributed by atoms with van der Waals surface area (Å²) in [4.78, 5) is 25.9. The van der Waals surface area contributed by atoms with Crippen LogP contribution < -0.4 is 11.1 Å². The summed E-state index contributed by atoms with van der Waals surface area (Å²) in [5, 5.41) is 3.48. The summed E-state index contributed by atoms with van der Waals surface area (Å²) in [6.45, 7) is 2.50. The number of anilines is 1. The quantitative estimate of drug-likeness (QED) is 0.257. The Labute approximate surface area is 208 Å². The molecule has 0 spiro atoms. The Kier molecular flexibility index (Phi) is 6.30. The molecule has 1 aliphatic rings. The molecule has 0 unspecified atom stereocenters. The number of rotatable bonds is 7. The lowest BCUT2D eigenvalue weighted by molar-refractivity contribution is 0.110. The van der Waals surface area contributed by atoms with Gasteiger partial charge in [-0.15, -0.1) is 0 Å². The molecular formula is C26H27ClN6O2. The number of benzene rings is 1. The maximum Gasteiger partial charge on any atom is 0.407 e. The number of fused-ring (bicyclic) bond motifs is 1. The number of hydrogen-bond acceptors (Lipinski definition) is 6. The van der Waals surface area contributed by atoms with Crippen LogP contribution in [0.3, 0.4) is 0 Å². The maximum atomic E-state index is 12.4. The van der Waals surface area contributed by atoms with Crippen LogP contribution in [0.4, 0.5) is 10.6 Å². The van der Waals surface area contributed by atoms with E-state index in [-0.39, 0.29) is 6.09 Å². The van der Waals surface area contributed by atoms with Gasteiger partial charge in [0.25, 0.3) is 0 Å². The second kappa shape index (κ2) is 9.54. The molecule has 0 aliphatic heterocycles. The highest BCUT2D eigenvalue weighted by Gasteiger charge is 2.40. The van der Waals surface area contributed by atoms with Gasteiger partial charge in [-0.05, 0) is 67.6 Å². The van der Waals surface area contributed by atoms with Gasteiger partial charge in [-0.25, -0.2) is 19.7 Å². The number of unbranched alkanes of at least 4 members (excludes halogenated alkanes) is 1. The van der Waals surface area contributed by atoms with Gasteiger partial charge >= 0.3 is 6.09 Å². The molecule has 3 aromatic heterocycles. The number of aromatic nitrogens is 4. The maximum absolute atomic E-state index is 12.4. The molecule has 3 N–H and O–H groups in total. The zero-order chi connectivity index (χ0) is 24.4. The molecule has 5 rings (SSSR count). The zero-order valence-corrected chi connectivity index (χ0v) is 20.3. The van der Waals surface area contributed by atoms with Crippen molar-refractivity contribution in [3.8, 4) is 17.1 Å². The van der Waals surface area contributed by atoms with Crippen molar-refractivity contribution in [2.45, 2.75) is 44.6 Å². The number of nitrogens with two attached hydrogens (primary N) is 1. The highest BCUT2D eigenvalue weighted by atomic mass is 35.5. The van der Waals surface area contributed by atoms with Crippen molar-refractivity contribution in [2.75, 3.05) is 12.3 Å². The third-order valence-electron chi connectivity index (χ3n) is 6.51. The van der Waals surface area contributed by atoms with Gasteiger partial charge < -0.3 is 15.8 Å². The molecule has 1 aliphatic carbocycles. The monoisotopic (exact) mass is 490 g/mol. The lowest BCUT2D eigenvalue weighted by Crippen LogP contribution is -2.51. The molecule has 35 heavy (non-hydrogen) atoms. The Morgan fingerprint density at radius 3 is 2.66 bits per heavy atom. The van der Waals surface area contributed by atoms with E-state index in [4.69, 9.17) is 27.1 Å². The van der Waals surface area contributed by atoms with Gasteiger partial charge in [0.2, 0.25) is 0 Å². The fraction of sp³-hybridized carbons (Fsp3) is 0.308. The minimum atomic E-state index is -0.406. The number of alkyl carbamates (subject to hydrolysis) is 1. The molecule has 9 heteroatoms.